The number of amides is 1. The number of carbonyl (C=O) groups excluding carboxylic acids is 1. The van der Waals surface area contributed by atoms with Gasteiger partial charge in [0.05, 0.1) is 30.6 Å². The average molecular weight is 551 g/mol. The number of pyridine rings is 1. The molecule has 1 amide bonds. The predicted octanol–water partition coefficient (Wildman–Crippen LogP) is 3.82. The van der Waals surface area contributed by atoms with Crippen LogP contribution in [0.15, 0.2) is 48.8 Å². The lowest BCUT2D eigenvalue weighted by Gasteiger charge is -2.27. The maximum atomic E-state index is 13.8. The molecule has 41 heavy (non-hydrogen) atoms. The van der Waals surface area contributed by atoms with Gasteiger partial charge in [-0.05, 0) is 73.9 Å². The standard InChI is InChI=1S/C31H34N8O2/c1-36-22(9-11-34-36)17-39-28-23(12-21(14-26(28)41-2)31(40)38-16-20-7-8-24(38)27(20)32)35-30(39)25-13-19-4-3-10-33-29(19)37(25)15-18-5-6-18/h3-4,9-14,18,20,24,27H,5-8,15-17,32H2,1-2H3/t20?,24?,27-/m1/s1. The fraction of sp³-hybridized carbons (Fsp3) is 0.419. The minimum Gasteiger partial charge on any atom is -0.494 e. The van der Waals surface area contributed by atoms with E-state index in [1.807, 2.05) is 53.3 Å². The number of nitrogens with two attached hydrogens (primary N) is 1. The largest absolute Gasteiger partial charge is 0.494 e. The van der Waals surface area contributed by atoms with E-state index in [0.717, 1.165) is 65.2 Å². The Morgan fingerprint density at radius 3 is 2.68 bits per heavy atom. The Hall–Kier alpha value is -4.18. The number of imidazole rings is 1. The van der Waals surface area contributed by atoms with Gasteiger partial charge >= 0.3 is 0 Å². The Labute approximate surface area is 237 Å². The third-order valence-corrected chi connectivity index (χ3v) is 9.45. The molecule has 3 aliphatic rings. The molecule has 8 rings (SSSR count). The quantitative estimate of drug-likeness (QED) is 0.330. The third kappa shape index (κ3) is 3.88. The van der Waals surface area contributed by atoms with E-state index in [4.69, 9.17) is 20.4 Å². The van der Waals surface area contributed by atoms with Gasteiger partial charge in [0.2, 0.25) is 0 Å². The zero-order chi connectivity index (χ0) is 27.8. The van der Waals surface area contributed by atoms with Gasteiger partial charge in [-0.2, -0.15) is 5.10 Å². The molecule has 2 N–H and O–H groups in total. The molecule has 210 valence electrons. The number of hydrogen-bond acceptors (Lipinski definition) is 6. The molecule has 1 aliphatic heterocycles. The normalized spacial score (nSPS) is 21.9. The maximum Gasteiger partial charge on any atom is 0.254 e. The molecule has 0 spiro atoms. The topological polar surface area (TPSA) is 109 Å². The van der Waals surface area contributed by atoms with Crippen molar-refractivity contribution in [1.82, 2.24) is 33.8 Å². The molecule has 2 saturated carbocycles. The number of aryl methyl sites for hydroxylation is 1. The van der Waals surface area contributed by atoms with E-state index >= 15 is 0 Å². The first kappa shape index (κ1) is 24.6. The van der Waals surface area contributed by atoms with E-state index in [2.05, 4.69) is 26.4 Å². The van der Waals surface area contributed by atoms with Crippen LogP contribution in [0.25, 0.3) is 33.6 Å². The van der Waals surface area contributed by atoms with E-state index in [1.165, 1.54) is 12.8 Å². The second-order valence-electron chi connectivity index (χ2n) is 12.0. The number of nitrogens with zero attached hydrogens (tertiary/aromatic N) is 7. The Balaban J connectivity index is 1.32. The van der Waals surface area contributed by atoms with Crippen molar-refractivity contribution in [3.05, 3.63) is 60.0 Å². The molecule has 4 aromatic heterocycles. The number of likely N-dealkylation sites (tertiary alicyclic amines) is 1. The molecule has 10 nitrogen and oxygen atoms in total. The predicted molar refractivity (Wildman–Crippen MR) is 156 cm³/mol. The van der Waals surface area contributed by atoms with Gasteiger partial charge in [0.25, 0.3) is 5.91 Å². The number of hydrogen-bond donors (Lipinski definition) is 1. The van der Waals surface area contributed by atoms with Crippen molar-refractivity contribution in [2.75, 3.05) is 13.7 Å². The molecule has 2 aliphatic carbocycles. The van der Waals surface area contributed by atoms with Gasteiger partial charge in [-0.1, -0.05) is 0 Å². The minimum absolute atomic E-state index is 0.00244. The van der Waals surface area contributed by atoms with Crippen LogP contribution < -0.4 is 10.5 Å². The van der Waals surface area contributed by atoms with Crippen LogP contribution in [0.5, 0.6) is 5.75 Å². The fourth-order valence-electron chi connectivity index (χ4n) is 7.04. The van der Waals surface area contributed by atoms with Crippen LogP contribution in [-0.2, 0) is 20.1 Å². The van der Waals surface area contributed by atoms with Crippen molar-refractivity contribution in [2.24, 2.45) is 24.6 Å². The first-order chi connectivity index (χ1) is 20.0. The molecule has 3 fully saturated rings. The highest BCUT2D eigenvalue weighted by Gasteiger charge is 2.47. The molecule has 2 bridgehead atoms. The Kier molecular flexibility index (Phi) is 5.50. The van der Waals surface area contributed by atoms with Crippen LogP contribution in [0.3, 0.4) is 0 Å². The van der Waals surface area contributed by atoms with Gasteiger partial charge in [0.15, 0.2) is 5.82 Å². The third-order valence-electron chi connectivity index (χ3n) is 9.45. The van der Waals surface area contributed by atoms with Gasteiger partial charge in [-0.3, -0.25) is 9.48 Å². The summed E-state index contributed by atoms with van der Waals surface area (Å²) in [6.07, 6.45) is 8.21. The van der Waals surface area contributed by atoms with Crippen molar-refractivity contribution in [2.45, 2.75) is 50.9 Å². The Morgan fingerprint density at radius 2 is 1.98 bits per heavy atom. The molecule has 5 heterocycles. The van der Waals surface area contributed by atoms with E-state index in [9.17, 15) is 4.79 Å². The molecule has 0 radical (unpaired) electrons. The highest BCUT2D eigenvalue weighted by Crippen LogP contribution is 2.40. The highest BCUT2D eigenvalue weighted by atomic mass is 16.5. The van der Waals surface area contributed by atoms with Crippen molar-refractivity contribution >= 4 is 28.0 Å². The first-order valence-electron chi connectivity index (χ1n) is 14.6. The summed E-state index contributed by atoms with van der Waals surface area (Å²) in [6, 6.07) is 12.3. The van der Waals surface area contributed by atoms with Crippen LogP contribution >= 0.6 is 0 Å². The molecular formula is C31H34N8O2. The summed E-state index contributed by atoms with van der Waals surface area (Å²) in [5, 5.41) is 5.49. The van der Waals surface area contributed by atoms with Crippen molar-refractivity contribution in [3.8, 4) is 17.3 Å². The monoisotopic (exact) mass is 550 g/mol. The molecule has 5 aromatic rings. The van der Waals surface area contributed by atoms with E-state index in [0.29, 0.717) is 29.7 Å². The fourth-order valence-corrected chi connectivity index (χ4v) is 7.04. The van der Waals surface area contributed by atoms with Crippen LogP contribution in [0, 0.1) is 11.8 Å². The molecule has 1 saturated heterocycles. The average Bonchev–Trinajstić information content (AvgIpc) is 3.24. The van der Waals surface area contributed by atoms with Gasteiger partial charge < -0.3 is 24.5 Å². The number of ether oxygens (including phenoxy) is 1. The lowest BCUT2D eigenvalue weighted by atomic mass is 10.1. The van der Waals surface area contributed by atoms with Crippen LogP contribution in [0.2, 0.25) is 0 Å². The molecule has 3 atom stereocenters. The second kappa shape index (κ2) is 9.17. The van der Waals surface area contributed by atoms with E-state index < -0.39 is 0 Å². The maximum absolute atomic E-state index is 13.8. The van der Waals surface area contributed by atoms with Crippen LogP contribution in [0.4, 0.5) is 0 Å². The van der Waals surface area contributed by atoms with Crippen LogP contribution in [-0.4, -0.2) is 65.4 Å². The van der Waals surface area contributed by atoms with Crippen molar-refractivity contribution in [3.63, 3.8) is 0 Å². The number of piperidine rings is 1. The summed E-state index contributed by atoms with van der Waals surface area (Å²) in [6.45, 7) is 2.18. The van der Waals surface area contributed by atoms with Gasteiger partial charge in [-0.25, -0.2) is 9.97 Å². The van der Waals surface area contributed by atoms with E-state index in [1.54, 1.807) is 7.11 Å². The van der Waals surface area contributed by atoms with Crippen molar-refractivity contribution in [1.29, 1.82) is 0 Å². The Morgan fingerprint density at radius 1 is 1.10 bits per heavy atom. The summed E-state index contributed by atoms with van der Waals surface area (Å²) >= 11 is 0. The summed E-state index contributed by atoms with van der Waals surface area (Å²) in [7, 11) is 3.61. The number of fused-ring (bicyclic) bond motifs is 4. The van der Waals surface area contributed by atoms with Gasteiger partial charge in [0.1, 0.15) is 16.9 Å². The van der Waals surface area contributed by atoms with Gasteiger partial charge in [-0.15, -0.1) is 0 Å². The van der Waals surface area contributed by atoms with E-state index in [-0.39, 0.29) is 18.0 Å². The number of methoxy groups -OCH3 is 1. The smallest absolute Gasteiger partial charge is 0.254 e. The zero-order valence-electron chi connectivity index (χ0n) is 23.4. The number of benzene rings is 1. The minimum atomic E-state index is 0.00244. The zero-order valence-corrected chi connectivity index (χ0v) is 23.4. The lowest BCUT2D eigenvalue weighted by molar-refractivity contribution is 0.0700. The molecular weight excluding hydrogens is 516 g/mol. The summed E-state index contributed by atoms with van der Waals surface area (Å²) < 4.78 is 12.4. The summed E-state index contributed by atoms with van der Waals surface area (Å²) in [4.78, 5) is 25.8. The number of aromatic nitrogens is 6. The summed E-state index contributed by atoms with van der Waals surface area (Å²) in [5.41, 5.74) is 11.6. The molecule has 1 aromatic carbocycles. The summed E-state index contributed by atoms with van der Waals surface area (Å²) in [5.74, 6) is 2.50. The first-order valence-corrected chi connectivity index (χ1v) is 14.6. The SMILES string of the molecule is COc1cc(C(=O)N2CC3CCC2[C@@H]3N)cc2nc(-c3cc4cccnc4n3CC3CC3)n(Cc3ccnn3C)c12. The molecule has 10 heteroatoms. The molecule has 2 unspecified atom stereocenters. The highest BCUT2D eigenvalue weighted by molar-refractivity contribution is 6.00. The number of carbonyl (C=O) groups is 1. The van der Waals surface area contributed by atoms with Crippen LogP contribution in [0.1, 0.15) is 41.7 Å². The second-order valence-corrected chi connectivity index (χ2v) is 12.0. The van der Waals surface area contributed by atoms with Gasteiger partial charge in [0, 0.05) is 55.6 Å². The van der Waals surface area contributed by atoms with Crippen molar-refractivity contribution < 1.29 is 9.53 Å². The Bertz CT molecular complexity index is 1810. The number of rotatable bonds is 7. The lowest BCUT2D eigenvalue weighted by Crippen LogP contribution is -2.41.